The zero-order valence-corrected chi connectivity index (χ0v) is 31.2. The fourth-order valence-corrected chi connectivity index (χ4v) is 13.1. The van der Waals surface area contributed by atoms with Gasteiger partial charge in [-0.2, -0.15) is 0 Å². The minimum Gasteiger partial charge on any atom is -0.394 e. The van der Waals surface area contributed by atoms with Crippen molar-refractivity contribution in [3.63, 3.8) is 0 Å². The maximum atomic E-state index is 12.1. The summed E-state index contributed by atoms with van der Waals surface area (Å²) in [7, 11) is 0. The second kappa shape index (κ2) is 14.2. The standard InChI is InChI=1S/C39H62O14/c1-17-7-10-39(48-16-17)18(2)28-24(53-39)13-23-21-6-5-19-11-20(12-27(42)38(19,4)22(21)8-9-37(23,28)3)49-36-34(32(46)30(44)26(15-41)51-36)52-35-33(47)31(45)29(43)25(14-40)50-35/h18-36,40-47H,1,5-16H2,2-4H3/t18-,19+,20+,21+,22-,23-,24-,25+,26+,27+,28-,29+,30-,31-,32-,33+,34+,35-,36+,37-,38-,39+/m0/s1. The zero-order chi connectivity index (χ0) is 37.8. The molecule has 4 aliphatic carbocycles. The van der Waals surface area contributed by atoms with Gasteiger partial charge < -0.3 is 69.3 Å². The van der Waals surface area contributed by atoms with Crippen LogP contribution >= 0.6 is 0 Å². The lowest BCUT2D eigenvalue weighted by Crippen LogP contribution is -2.65. The highest BCUT2D eigenvalue weighted by Gasteiger charge is 2.70. The first-order valence-electron chi connectivity index (χ1n) is 20.1. The van der Waals surface area contributed by atoms with E-state index in [1.165, 1.54) is 0 Å². The Hall–Kier alpha value is -0.820. The van der Waals surface area contributed by atoms with Crippen LogP contribution in [0.3, 0.4) is 0 Å². The molecule has 0 amide bonds. The highest BCUT2D eigenvalue weighted by molar-refractivity contribution is 5.17. The topological polar surface area (TPSA) is 217 Å². The summed E-state index contributed by atoms with van der Waals surface area (Å²) in [6, 6.07) is 0. The largest absolute Gasteiger partial charge is 0.394 e. The van der Waals surface area contributed by atoms with Crippen LogP contribution < -0.4 is 0 Å². The van der Waals surface area contributed by atoms with E-state index >= 15 is 0 Å². The molecule has 8 N–H and O–H groups in total. The van der Waals surface area contributed by atoms with E-state index in [0.29, 0.717) is 49.0 Å². The van der Waals surface area contributed by atoms with Gasteiger partial charge in [0, 0.05) is 18.8 Å². The second-order valence-corrected chi connectivity index (χ2v) is 18.4. The Morgan fingerprint density at radius 2 is 1.47 bits per heavy atom. The van der Waals surface area contributed by atoms with Crippen LogP contribution in [0.1, 0.15) is 78.6 Å². The first kappa shape index (κ1) is 39.0. The van der Waals surface area contributed by atoms with Gasteiger partial charge in [0.1, 0.15) is 48.8 Å². The zero-order valence-electron chi connectivity index (χ0n) is 31.2. The predicted molar refractivity (Wildman–Crippen MR) is 184 cm³/mol. The molecule has 0 unspecified atom stereocenters. The lowest BCUT2D eigenvalue weighted by atomic mass is 9.43. The van der Waals surface area contributed by atoms with Crippen molar-refractivity contribution >= 4 is 0 Å². The quantitative estimate of drug-likeness (QED) is 0.136. The minimum atomic E-state index is -1.76. The summed E-state index contributed by atoms with van der Waals surface area (Å²) in [5.41, 5.74) is 0.949. The molecule has 53 heavy (non-hydrogen) atoms. The molecule has 14 nitrogen and oxygen atoms in total. The smallest absolute Gasteiger partial charge is 0.187 e. The van der Waals surface area contributed by atoms with Crippen LogP contribution in [0.5, 0.6) is 0 Å². The molecule has 4 saturated heterocycles. The molecular formula is C39H62O14. The van der Waals surface area contributed by atoms with Crippen LogP contribution in [0.4, 0.5) is 0 Å². The lowest BCUT2D eigenvalue weighted by Gasteiger charge is -2.62. The third-order valence-corrected chi connectivity index (χ3v) is 16.0. The van der Waals surface area contributed by atoms with Gasteiger partial charge in [0.15, 0.2) is 18.4 Å². The maximum absolute atomic E-state index is 12.1. The van der Waals surface area contributed by atoms with E-state index in [4.69, 9.17) is 28.4 Å². The van der Waals surface area contributed by atoms with Gasteiger partial charge in [0.2, 0.25) is 0 Å². The van der Waals surface area contributed by atoms with E-state index in [1.807, 2.05) is 0 Å². The van der Waals surface area contributed by atoms with E-state index in [1.54, 1.807) is 0 Å². The first-order chi connectivity index (χ1) is 25.2. The molecule has 0 aromatic heterocycles. The normalized spacial score (nSPS) is 58.2. The number of ether oxygens (including phenoxy) is 6. The van der Waals surface area contributed by atoms with Crippen LogP contribution in [0.2, 0.25) is 0 Å². The number of fused-ring (bicyclic) bond motifs is 7. The molecule has 8 fully saturated rings. The molecule has 4 saturated carbocycles. The van der Waals surface area contributed by atoms with Crippen LogP contribution in [0.25, 0.3) is 0 Å². The van der Waals surface area contributed by atoms with Gasteiger partial charge in [-0.25, -0.2) is 0 Å². The van der Waals surface area contributed by atoms with Gasteiger partial charge in [-0.3, -0.25) is 0 Å². The van der Waals surface area contributed by atoms with E-state index < -0.39 is 92.6 Å². The molecule has 4 heterocycles. The SMILES string of the molecule is C=C1CC[C@@]2(OC1)O[C@H]1C[C@H]3[C@@H]4CC[C@@H]5C[C@@H](O[C@@H]6O[C@H](CO)[C@H](O)[C@H](O)[C@H]6O[C@@H]6O[C@H](CO)[C@@H](O)[C@H](O)[C@H]6O)C[C@@H](O)[C@]5(C)[C@H]4CC[C@]3(C)[C@H]1[C@@H]2C. The third kappa shape index (κ3) is 6.04. The van der Waals surface area contributed by atoms with Gasteiger partial charge in [0.25, 0.3) is 0 Å². The van der Waals surface area contributed by atoms with Crippen molar-refractivity contribution in [1.29, 1.82) is 0 Å². The molecular weight excluding hydrogens is 692 g/mol. The van der Waals surface area contributed by atoms with Gasteiger partial charge in [0.05, 0.1) is 38.1 Å². The minimum absolute atomic E-state index is 0.143. The molecule has 8 aliphatic rings. The lowest BCUT2D eigenvalue weighted by molar-refractivity contribution is -0.374. The fraction of sp³-hybridized carbons (Fsp3) is 0.949. The number of aliphatic hydroxyl groups is 8. The number of rotatable bonds is 6. The van der Waals surface area contributed by atoms with Crippen molar-refractivity contribution in [2.24, 2.45) is 46.3 Å². The van der Waals surface area contributed by atoms with Gasteiger partial charge in [-0.15, -0.1) is 0 Å². The van der Waals surface area contributed by atoms with E-state index in [2.05, 4.69) is 27.4 Å². The highest BCUT2D eigenvalue weighted by atomic mass is 16.8. The molecule has 8 rings (SSSR count). The Balaban J connectivity index is 0.964. The third-order valence-electron chi connectivity index (χ3n) is 16.0. The monoisotopic (exact) mass is 754 g/mol. The van der Waals surface area contributed by atoms with Gasteiger partial charge >= 0.3 is 0 Å². The Morgan fingerprint density at radius 1 is 0.774 bits per heavy atom. The molecule has 0 aromatic rings. The summed E-state index contributed by atoms with van der Waals surface area (Å²) in [6.45, 7) is 10.5. The summed E-state index contributed by atoms with van der Waals surface area (Å²) in [5, 5.41) is 84.8. The highest BCUT2D eigenvalue weighted by Crippen LogP contribution is 2.71. The summed E-state index contributed by atoms with van der Waals surface area (Å²) >= 11 is 0. The van der Waals surface area contributed by atoms with Crippen molar-refractivity contribution in [1.82, 2.24) is 0 Å². The van der Waals surface area contributed by atoms with Crippen molar-refractivity contribution in [2.45, 2.75) is 164 Å². The molecule has 14 heteroatoms. The number of hydrogen-bond acceptors (Lipinski definition) is 14. The Labute approximate surface area is 311 Å². The van der Waals surface area contributed by atoms with Crippen molar-refractivity contribution in [3.8, 4) is 0 Å². The predicted octanol–water partition coefficient (Wildman–Crippen LogP) is 0.333. The summed E-state index contributed by atoms with van der Waals surface area (Å²) in [6.07, 6.45) is -8.31. The maximum Gasteiger partial charge on any atom is 0.187 e. The van der Waals surface area contributed by atoms with Crippen LogP contribution in [-0.4, -0.2) is 146 Å². The Kier molecular flexibility index (Phi) is 10.5. The number of hydrogen-bond donors (Lipinski definition) is 8. The first-order valence-corrected chi connectivity index (χ1v) is 20.1. The Bertz CT molecular complexity index is 1340. The summed E-state index contributed by atoms with van der Waals surface area (Å²) in [4.78, 5) is 0. The van der Waals surface area contributed by atoms with E-state index in [-0.39, 0.29) is 22.9 Å². The van der Waals surface area contributed by atoms with E-state index in [9.17, 15) is 40.9 Å². The van der Waals surface area contributed by atoms with Crippen LogP contribution in [-0.2, 0) is 28.4 Å². The molecule has 1 spiro atoms. The average molecular weight is 755 g/mol. The van der Waals surface area contributed by atoms with Crippen LogP contribution in [0.15, 0.2) is 12.2 Å². The van der Waals surface area contributed by atoms with Crippen molar-refractivity contribution in [3.05, 3.63) is 12.2 Å². The molecule has 302 valence electrons. The fourth-order valence-electron chi connectivity index (χ4n) is 13.1. The Morgan fingerprint density at radius 3 is 2.15 bits per heavy atom. The molecule has 0 aromatic carbocycles. The molecule has 0 bridgehead atoms. The summed E-state index contributed by atoms with van der Waals surface area (Å²) in [5.74, 6) is 1.71. The average Bonchev–Trinajstić information content (AvgIpc) is 3.58. The van der Waals surface area contributed by atoms with Gasteiger partial charge in [-0.05, 0) is 85.4 Å². The van der Waals surface area contributed by atoms with Crippen LogP contribution in [0, 0.1) is 46.3 Å². The van der Waals surface area contributed by atoms with E-state index in [0.717, 1.165) is 50.5 Å². The molecule has 22 atom stereocenters. The molecule has 4 aliphatic heterocycles. The van der Waals surface area contributed by atoms with Crippen molar-refractivity contribution in [2.75, 3.05) is 19.8 Å². The molecule has 0 radical (unpaired) electrons. The summed E-state index contributed by atoms with van der Waals surface area (Å²) < 4.78 is 37.1. The van der Waals surface area contributed by atoms with Crippen molar-refractivity contribution < 1.29 is 69.3 Å². The van der Waals surface area contributed by atoms with Gasteiger partial charge in [-0.1, -0.05) is 32.9 Å². The number of aliphatic hydroxyl groups excluding tert-OH is 8. The second-order valence-electron chi connectivity index (χ2n) is 18.4.